The molecular weight excluding hydrogens is 338 g/mol. The Labute approximate surface area is 138 Å². The van der Waals surface area contributed by atoms with Gasteiger partial charge in [-0.05, 0) is 56.3 Å². The van der Waals surface area contributed by atoms with E-state index in [1.54, 1.807) is 13.8 Å². The number of halogens is 2. The van der Waals surface area contributed by atoms with Crippen molar-refractivity contribution in [1.29, 1.82) is 0 Å². The maximum absolute atomic E-state index is 14.1. The Balaban J connectivity index is 2.21. The minimum absolute atomic E-state index is 0.147. The summed E-state index contributed by atoms with van der Waals surface area (Å²) in [5, 5.41) is 2.31. The van der Waals surface area contributed by atoms with Crippen molar-refractivity contribution < 1.29 is 22.0 Å². The number of anilines is 1. The Morgan fingerprint density at radius 3 is 2.21 bits per heavy atom. The second-order valence-corrected chi connectivity index (χ2v) is 7.09. The van der Waals surface area contributed by atoms with Gasteiger partial charge in [-0.3, -0.25) is 4.79 Å². The van der Waals surface area contributed by atoms with Crippen molar-refractivity contribution in [2.24, 2.45) is 0 Å². The molecule has 0 aliphatic carbocycles. The van der Waals surface area contributed by atoms with Crippen molar-refractivity contribution in [3.05, 3.63) is 59.7 Å². The predicted octanol–water partition coefficient (Wildman–Crippen LogP) is 2.90. The van der Waals surface area contributed by atoms with E-state index in [0.717, 1.165) is 24.3 Å². The first-order chi connectivity index (χ1) is 11.2. The van der Waals surface area contributed by atoms with Crippen LogP contribution in [0.2, 0.25) is 0 Å². The highest BCUT2D eigenvalue weighted by Gasteiger charge is 2.18. The zero-order valence-electron chi connectivity index (χ0n) is 13.0. The molecule has 5 nitrogen and oxygen atoms in total. The largest absolute Gasteiger partial charge is 0.319 e. The molecule has 0 spiro atoms. The van der Waals surface area contributed by atoms with E-state index >= 15 is 0 Å². The molecule has 2 aromatic rings. The summed E-state index contributed by atoms with van der Waals surface area (Å²) in [5.74, 6) is -2.02. The smallest absolute Gasteiger partial charge is 0.255 e. The Morgan fingerprint density at radius 2 is 1.67 bits per heavy atom. The number of benzene rings is 2. The van der Waals surface area contributed by atoms with Crippen molar-refractivity contribution >= 4 is 21.6 Å². The lowest BCUT2D eigenvalue weighted by atomic mass is 10.2. The van der Waals surface area contributed by atoms with Crippen LogP contribution in [-0.4, -0.2) is 20.4 Å². The van der Waals surface area contributed by atoms with Crippen LogP contribution in [0, 0.1) is 11.6 Å². The Hall–Kier alpha value is -2.32. The van der Waals surface area contributed by atoms with Crippen LogP contribution in [0.3, 0.4) is 0 Å². The van der Waals surface area contributed by atoms with E-state index in [1.807, 2.05) is 0 Å². The highest BCUT2D eigenvalue weighted by molar-refractivity contribution is 7.89. The van der Waals surface area contributed by atoms with Gasteiger partial charge in [0.05, 0.1) is 10.6 Å². The maximum Gasteiger partial charge on any atom is 0.255 e. The van der Waals surface area contributed by atoms with E-state index in [1.165, 1.54) is 18.2 Å². The van der Waals surface area contributed by atoms with E-state index in [-0.39, 0.29) is 22.2 Å². The molecule has 0 fully saturated rings. The molecule has 0 unspecified atom stereocenters. The average Bonchev–Trinajstić information content (AvgIpc) is 2.48. The summed E-state index contributed by atoms with van der Waals surface area (Å²) >= 11 is 0. The number of nitrogens with one attached hydrogen (secondary N) is 2. The van der Waals surface area contributed by atoms with E-state index in [9.17, 15) is 22.0 Å². The van der Waals surface area contributed by atoms with Crippen LogP contribution in [0.1, 0.15) is 24.2 Å². The van der Waals surface area contributed by atoms with Crippen LogP contribution in [0.5, 0.6) is 0 Å². The highest BCUT2D eigenvalue weighted by Crippen LogP contribution is 2.20. The number of hydrogen-bond donors (Lipinski definition) is 2. The van der Waals surface area contributed by atoms with Gasteiger partial charge in [-0.2, -0.15) is 0 Å². The Morgan fingerprint density at radius 1 is 1.04 bits per heavy atom. The third-order valence-corrected chi connectivity index (χ3v) is 4.65. The summed E-state index contributed by atoms with van der Waals surface area (Å²) in [6.45, 7) is 3.29. The minimum Gasteiger partial charge on any atom is -0.319 e. The fourth-order valence-electron chi connectivity index (χ4n) is 1.94. The normalized spacial score (nSPS) is 11.5. The summed E-state index contributed by atoms with van der Waals surface area (Å²) in [4.78, 5) is 11.7. The minimum atomic E-state index is -3.83. The van der Waals surface area contributed by atoms with Crippen LogP contribution in [0.4, 0.5) is 14.5 Å². The molecule has 0 aromatic heterocycles. The topological polar surface area (TPSA) is 75.3 Å². The molecule has 0 radical (unpaired) electrons. The SMILES string of the molecule is CC(C)NS(=O)(=O)c1ccc(NC(=O)c2ccc(F)cc2)c(F)c1. The standard InChI is InChI=1S/C16H16F2N2O3S/c1-10(2)20-24(22,23)13-7-8-15(14(18)9-13)19-16(21)11-3-5-12(17)6-4-11/h3-10,20H,1-2H3,(H,19,21). The van der Waals surface area contributed by atoms with Crippen LogP contribution in [0.15, 0.2) is 47.4 Å². The van der Waals surface area contributed by atoms with Gasteiger partial charge in [0.25, 0.3) is 5.91 Å². The quantitative estimate of drug-likeness (QED) is 0.867. The van der Waals surface area contributed by atoms with Gasteiger partial charge < -0.3 is 5.32 Å². The molecule has 0 aliphatic heterocycles. The monoisotopic (exact) mass is 354 g/mol. The molecule has 0 saturated heterocycles. The summed E-state index contributed by atoms with van der Waals surface area (Å²) in [6, 6.07) is 7.57. The molecule has 2 rings (SSSR count). The number of hydrogen-bond acceptors (Lipinski definition) is 3. The second kappa shape index (κ2) is 7.06. The number of sulfonamides is 1. The first-order valence-electron chi connectivity index (χ1n) is 7.08. The summed E-state index contributed by atoms with van der Waals surface area (Å²) in [7, 11) is -3.83. The van der Waals surface area contributed by atoms with E-state index in [4.69, 9.17) is 0 Å². The summed E-state index contributed by atoms with van der Waals surface area (Å²) in [5.41, 5.74) is -0.0261. The fourth-order valence-corrected chi connectivity index (χ4v) is 3.20. The van der Waals surface area contributed by atoms with Gasteiger partial charge in [-0.25, -0.2) is 21.9 Å². The molecule has 2 N–H and O–H groups in total. The fraction of sp³-hybridized carbons (Fsp3) is 0.188. The molecule has 2 aromatic carbocycles. The van der Waals surface area contributed by atoms with Gasteiger partial charge in [-0.1, -0.05) is 0 Å². The zero-order valence-corrected chi connectivity index (χ0v) is 13.8. The third-order valence-electron chi connectivity index (χ3n) is 3.00. The van der Waals surface area contributed by atoms with Crippen molar-refractivity contribution in [3.63, 3.8) is 0 Å². The highest BCUT2D eigenvalue weighted by atomic mass is 32.2. The number of amides is 1. The van der Waals surface area contributed by atoms with Gasteiger partial charge in [0.1, 0.15) is 11.6 Å². The van der Waals surface area contributed by atoms with Gasteiger partial charge >= 0.3 is 0 Å². The van der Waals surface area contributed by atoms with Gasteiger partial charge in [0.15, 0.2) is 0 Å². The molecule has 0 saturated carbocycles. The zero-order chi connectivity index (χ0) is 17.9. The van der Waals surface area contributed by atoms with E-state index in [0.29, 0.717) is 0 Å². The molecule has 24 heavy (non-hydrogen) atoms. The van der Waals surface area contributed by atoms with Crippen LogP contribution in [-0.2, 0) is 10.0 Å². The second-order valence-electron chi connectivity index (χ2n) is 5.38. The Bertz CT molecular complexity index is 850. The van der Waals surface area contributed by atoms with Gasteiger partial charge in [-0.15, -0.1) is 0 Å². The lowest BCUT2D eigenvalue weighted by Crippen LogP contribution is -2.30. The molecule has 0 atom stereocenters. The summed E-state index contributed by atoms with van der Waals surface area (Å²) < 4.78 is 53.2. The van der Waals surface area contributed by atoms with Crippen LogP contribution >= 0.6 is 0 Å². The van der Waals surface area contributed by atoms with Crippen LogP contribution in [0.25, 0.3) is 0 Å². The lowest BCUT2D eigenvalue weighted by molar-refractivity contribution is 0.102. The van der Waals surface area contributed by atoms with Crippen LogP contribution < -0.4 is 10.0 Å². The average molecular weight is 354 g/mol. The first-order valence-corrected chi connectivity index (χ1v) is 8.56. The molecule has 8 heteroatoms. The van der Waals surface area contributed by atoms with Crippen molar-refractivity contribution in [3.8, 4) is 0 Å². The van der Waals surface area contributed by atoms with Crippen molar-refractivity contribution in [2.45, 2.75) is 24.8 Å². The van der Waals surface area contributed by atoms with Gasteiger partial charge in [0.2, 0.25) is 10.0 Å². The number of rotatable bonds is 5. The van der Waals surface area contributed by atoms with Crippen molar-refractivity contribution in [2.75, 3.05) is 5.32 Å². The summed E-state index contributed by atoms with van der Waals surface area (Å²) in [6.07, 6.45) is 0. The number of carbonyl (C=O) groups excluding carboxylic acids is 1. The van der Waals surface area contributed by atoms with E-state index in [2.05, 4.69) is 10.0 Å². The van der Waals surface area contributed by atoms with E-state index < -0.39 is 27.6 Å². The predicted molar refractivity (Wildman–Crippen MR) is 86.2 cm³/mol. The van der Waals surface area contributed by atoms with Crippen molar-refractivity contribution in [1.82, 2.24) is 4.72 Å². The number of carbonyl (C=O) groups is 1. The molecule has 0 aliphatic rings. The first kappa shape index (κ1) is 18.0. The molecule has 0 heterocycles. The molecular formula is C16H16F2N2O3S. The lowest BCUT2D eigenvalue weighted by Gasteiger charge is -2.11. The third kappa shape index (κ3) is 4.36. The maximum atomic E-state index is 14.1. The van der Waals surface area contributed by atoms with Gasteiger partial charge in [0, 0.05) is 11.6 Å². The molecule has 1 amide bonds. The molecule has 0 bridgehead atoms. The Kier molecular flexibility index (Phi) is 5.30. The molecule has 128 valence electrons.